The molecule has 1 heterocycles. The number of nitrogens with two attached hydrogens (primary N) is 1. The lowest BCUT2D eigenvalue weighted by Crippen LogP contribution is -2.42. The van der Waals surface area contributed by atoms with Gasteiger partial charge in [-0.05, 0) is 50.8 Å². The standard InChI is InChI=1S/C21H31N3O2/c1-7-9-10-17(21(6,8-2)20(26)23-16(5)25)13-19-14(3)11-12-18(24-19)15(4)22/h11-13H,4,7-10,22H2,1-3,5-6H3,(H,23,25,26)/b17-13+/t21-/m1/s1. The lowest BCUT2D eigenvalue weighted by atomic mass is 9.75. The summed E-state index contributed by atoms with van der Waals surface area (Å²) in [7, 11) is 0. The third kappa shape index (κ3) is 5.28. The summed E-state index contributed by atoms with van der Waals surface area (Å²) in [6.45, 7) is 13.0. The van der Waals surface area contributed by atoms with E-state index in [2.05, 4.69) is 23.8 Å². The van der Waals surface area contributed by atoms with Crippen molar-refractivity contribution in [3.05, 3.63) is 41.2 Å². The van der Waals surface area contributed by atoms with Crippen molar-refractivity contribution < 1.29 is 9.59 Å². The number of hydrogen-bond donors (Lipinski definition) is 2. The summed E-state index contributed by atoms with van der Waals surface area (Å²) in [5.41, 5.74) is 8.78. The first-order chi connectivity index (χ1) is 12.2. The van der Waals surface area contributed by atoms with E-state index in [0.717, 1.165) is 36.1 Å². The maximum Gasteiger partial charge on any atom is 0.236 e. The molecule has 26 heavy (non-hydrogen) atoms. The molecule has 2 amide bonds. The molecule has 1 rings (SSSR count). The Balaban J connectivity index is 3.46. The Morgan fingerprint density at radius 2 is 2.00 bits per heavy atom. The molecule has 5 nitrogen and oxygen atoms in total. The Hall–Kier alpha value is -2.43. The molecule has 0 aromatic carbocycles. The van der Waals surface area contributed by atoms with Crippen LogP contribution in [0.4, 0.5) is 0 Å². The summed E-state index contributed by atoms with van der Waals surface area (Å²) >= 11 is 0. The topological polar surface area (TPSA) is 85.1 Å². The van der Waals surface area contributed by atoms with Gasteiger partial charge in [0, 0.05) is 6.92 Å². The fourth-order valence-electron chi connectivity index (χ4n) is 2.74. The van der Waals surface area contributed by atoms with Gasteiger partial charge in [0.2, 0.25) is 11.8 Å². The molecular formula is C21H31N3O2. The molecule has 0 aliphatic carbocycles. The number of aryl methyl sites for hydroxylation is 1. The molecule has 1 atom stereocenters. The number of aromatic nitrogens is 1. The minimum atomic E-state index is -0.773. The van der Waals surface area contributed by atoms with Crippen molar-refractivity contribution in [2.45, 2.75) is 60.3 Å². The SMILES string of the molecule is C=C(N)c1ccc(C)c(/C=C(\CCCC)[C@@](C)(CC)C(=O)NC(C)=O)n1. The van der Waals surface area contributed by atoms with Gasteiger partial charge in [0.1, 0.15) is 0 Å². The minimum absolute atomic E-state index is 0.271. The van der Waals surface area contributed by atoms with Crippen LogP contribution in [-0.2, 0) is 9.59 Å². The molecule has 5 heteroatoms. The number of unbranched alkanes of at least 4 members (excludes halogenated alkanes) is 1. The van der Waals surface area contributed by atoms with Crippen LogP contribution in [0.1, 0.15) is 70.3 Å². The fraction of sp³-hybridized carbons (Fsp3) is 0.476. The number of carbonyl (C=O) groups excluding carboxylic acids is 2. The number of amides is 2. The molecule has 0 fully saturated rings. The second kappa shape index (κ2) is 9.32. The molecule has 0 aliphatic heterocycles. The van der Waals surface area contributed by atoms with E-state index in [1.165, 1.54) is 6.92 Å². The largest absolute Gasteiger partial charge is 0.397 e. The normalized spacial score (nSPS) is 13.8. The quantitative estimate of drug-likeness (QED) is 0.737. The van der Waals surface area contributed by atoms with Crippen molar-refractivity contribution in [2.24, 2.45) is 11.1 Å². The summed E-state index contributed by atoms with van der Waals surface area (Å²) in [5.74, 6) is -0.618. The van der Waals surface area contributed by atoms with E-state index >= 15 is 0 Å². The first-order valence-corrected chi connectivity index (χ1v) is 9.11. The van der Waals surface area contributed by atoms with E-state index in [1.54, 1.807) is 0 Å². The smallest absolute Gasteiger partial charge is 0.236 e. The second-order valence-electron chi connectivity index (χ2n) is 6.89. The zero-order valence-corrected chi connectivity index (χ0v) is 16.6. The van der Waals surface area contributed by atoms with Gasteiger partial charge < -0.3 is 5.73 Å². The first kappa shape index (κ1) is 21.6. The highest BCUT2D eigenvalue weighted by molar-refractivity contribution is 5.99. The molecule has 0 saturated carbocycles. The molecule has 3 N–H and O–H groups in total. The maximum atomic E-state index is 12.7. The summed E-state index contributed by atoms with van der Waals surface area (Å²) in [5, 5.41) is 2.45. The Morgan fingerprint density at radius 3 is 2.50 bits per heavy atom. The highest BCUT2D eigenvalue weighted by Gasteiger charge is 2.35. The first-order valence-electron chi connectivity index (χ1n) is 9.11. The predicted octanol–water partition coefficient (Wildman–Crippen LogP) is 3.97. The maximum absolute atomic E-state index is 12.7. The summed E-state index contributed by atoms with van der Waals surface area (Å²) in [6.07, 6.45) is 5.29. The van der Waals surface area contributed by atoms with Crippen molar-refractivity contribution in [3.63, 3.8) is 0 Å². The van der Waals surface area contributed by atoms with Crippen molar-refractivity contribution in [2.75, 3.05) is 0 Å². The molecule has 0 spiro atoms. The lowest BCUT2D eigenvalue weighted by molar-refractivity contribution is -0.134. The average molecular weight is 357 g/mol. The molecule has 1 aromatic rings. The van der Waals surface area contributed by atoms with E-state index in [4.69, 9.17) is 5.73 Å². The number of hydrogen-bond acceptors (Lipinski definition) is 4. The highest BCUT2D eigenvalue weighted by Crippen LogP contribution is 2.36. The number of carbonyl (C=O) groups is 2. The van der Waals surface area contributed by atoms with Crippen LogP contribution in [0.15, 0.2) is 24.3 Å². The van der Waals surface area contributed by atoms with Crippen molar-refractivity contribution in [1.82, 2.24) is 10.3 Å². The van der Waals surface area contributed by atoms with E-state index in [0.29, 0.717) is 17.8 Å². The van der Waals surface area contributed by atoms with Crippen LogP contribution in [-0.4, -0.2) is 16.8 Å². The zero-order chi connectivity index (χ0) is 19.9. The minimum Gasteiger partial charge on any atom is -0.397 e. The van der Waals surface area contributed by atoms with E-state index in [1.807, 2.05) is 39.0 Å². The summed E-state index contributed by atoms with van der Waals surface area (Å²) < 4.78 is 0. The van der Waals surface area contributed by atoms with Crippen LogP contribution in [0.5, 0.6) is 0 Å². The average Bonchev–Trinajstić information content (AvgIpc) is 2.58. The molecule has 0 saturated heterocycles. The van der Waals surface area contributed by atoms with Crippen LogP contribution in [0.2, 0.25) is 0 Å². The Kier molecular flexibility index (Phi) is 7.75. The third-order valence-corrected chi connectivity index (χ3v) is 4.78. The van der Waals surface area contributed by atoms with Gasteiger partial charge in [-0.25, -0.2) is 4.98 Å². The van der Waals surface area contributed by atoms with Crippen LogP contribution in [0.3, 0.4) is 0 Å². The summed E-state index contributed by atoms with van der Waals surface area (Å²) in [6, 6.07) is 3.78. The Labute approximate surface area is 156 Å². The summed E-state index contributed by atoms with van der Waals surface area (Å²) in [4.78, 5) is 28.7. The van der Waals surface area contributed by atoms with Gasteiger partial charge in [-0.3, -0.25) is 14.9 Å². The highest BCUT2D eigenvalue weighted by atomic mass is 16.2. The van der Waals surface area contributed by atoms with Crippen molar-refractivity contribution >= 4 is 23.6 Å². The second-order valence-corrected chi connectivity index (χ2v) is 6.89. The van der Waals surface area contributed by atoms with Crippen LogP contribution in [0.25, 0.3) is 11.8 Å². The van der Waals surface area contributed by atoms with Gasteiger partial charge in [0.25, 0.3) is 0 Å². The molecule has 0 unspecified atom stereocenters. The number of rotatable bonds is 8. The Bertz CT molecular complexity index is 722. The number of pyridine rings is 1. The van der Waals surface area contributed by atoms with Gasteiger partial charge in [-0.1, -0.05) is 38.5 Å². The third-order valence-electron chi connectivity index (χ3n) is 4.78. The predicted molar refractivity (Wildman–Crippen MR) is 107 cm³/mol. The molecule has 1 aromatic heterocycles. The van der Waals surface area contributed by atoms with Gasteiger partial charge >= 0.3 is 0 Å². The molecule has 142 valence electrons. The van der Waals surface area contributed by atoms with Crippen molar-refractivity contribution in [1.29, 1.82) is 0 Å². The lowest BCUT2D eigenvalue weighted by Gasteiger charge is -2.30. The van der Waals surface area contributed by atoms with Crippen LogP contribution >= 0.6 is 0 Å². The van der Waals surface area contributed by atoms with E-state index in [9.17, 15) is 9.59 Å². The monoisotopic (exact) mass is 357 g/mol. The molecule has 0 radical (unpaired) electrons. The van der Waals surface area contributed by atoms with Gasteiger partial charge in [0.15, 0.2) is 0 Å². The number of imide groups is 1. The molecular weight excluding hydrogens is 326 g/mol. The van der Waals surface area contributed by atoms with Gasteiger partial charge in [-0.15, -0.1) is 0 Å². The molecule has 0 aliphatic rings. The number of nitrogens with one attached hydrogen (secondary N) is 1. The van der Waals surface area contributed by atoms with Crippen LogP contribution < -0.4 is 11.1 Å². The zero-order valence-electron chi connectivity index (χ0n) is 16.6. The van der Waals surface area contributed by atoms with E-state index < -0.39 is 5.41 Å². The van der Waals surface area contributed by atoms with Crippen molar-refractivity contribution in [3.8, 4) is 0 Å². The van der Waals surface area contributed by atoms with Gasteiger partial charge in [-0.2, -0.15) is 0 Å². The van der Waals surface area contributed by atoms with E-state index in [-0.39, 0.29) is 11.8 Å². The van der Waals surface area contributed by atoms with Crippen LogP contribution in [0, 0.1) is 12.3 Å². The fourth-order valence-corrected chi connectivity index (χ4v) is 2.74. The molecule has 0 bridgehead atoms. The number of nitrogens with zero attached hydrogens (tertiary/aromatic N) is 1. The Morgan fingerprint density at radius 1 is 1.35 bits per heavy atom. The van der Waals surface area contributed by atoms with Gasteiger partial charge in [0.05, 0.1) is 22.5 Å².